The molecule has 0 aromatic carbocycles. The number of hydrogen-bond donors (Lipinski definition) is 2. The highest BCUT2D eigenvalue weighted by atomic mass is 35.5. The summed E-state index contributed by atoms with van der Waals surface area (Å²) in [6.07, 6.45) is 7.83. The number of nitrogens with two attached hydrogens (primary N) is 1. The summed E-state index contributed by atoms with van der Waals surface area (Å²) in [6.45, 7) is 5.28. The molecule has 0 saturated carbocycles. The standard InChI is InChI=1S/C15H16ClN5O/c1-4-12(22)11(16)5-9(2)14-15(20-13(17)7-18-14)10-6-19-21(3)8-10/h4-8,22H,1H2,2-3H3,(H2,17,20)/b9-5+,12-11-. The maximum absolute atomic E-state index is 9.57. The molecule has 2 heterocycles. The Morgan fingerprint density at radius 1 is 1.45 bits per heavy atom. The highest BCUT2D eigenvalue weighted by Gasteiger charge is 2.13. The van der Waals surface area contributed by atoms with E-state index in [1.165, 1.54) is 12.3 Å². The topological polar surface area (TPSA) is 89.8 Å². The number of hydrogen-bond acceptors (Lipinski definition) is 5. The second-order valence-electron chi connectivity index (χ2n) is 4.66. The molecule has 114 valence electrons. The van der Waals surface area contributed by atoms with E-state index < -0.39 is 0 Å². The van der Waals surface area contributed by atoms with Crippen molar-refractivity contribution >= 4 is 23.0 Å². The summed E-state index contributed by atoms with van der Waals surface area (Å²) in [5.41, 5.74) is 8.46. The van der Waals surface area contributed by atoms with E-state index in [2.05, 4.69) is 21.6 Å². The summed E-state index contributed by atoms with van der Waals surface area (Å²) >= 11 is 6.00. The number of aromatic nitrogens is 4. The Morgan fingerprint density at radius 2 is 2.18 bits per heavy atom. The van der Waals surface area contributed by atoms with Gasteiger partial charge in [0.05, 0.1) is 23.1 Å². The van der Waals surface area contributed by atoms with E-state index in [1.54, 1.807) is 17.0 Å². The van der Waals surface area contributed by atoms with E-state index in [1.807, 2.05) is 20.2 Å². The molecule has 2 aromatic rings. The first-order chi connectivity index (χ1) is 10.4. The van der Waals surface area contributed by atoms with Crippen molar-refractivity contribution in [3.63, 3.8) is 0 Å². The van der Waals surface area contributed by atoms with Gasteiger partial charge >= 0.3 is 0 Å². The van der Waals surface area contributed by atoms with E-state index in [-0.39, 0.29) is 10.8 Å². The number of aliphatic hydroxyl groups excluding tert-OH is 1. The number of allylic oxidation sites excluding steroid dienone is 4. The number of rotatable bonds is 4. The fourth-order valence-corrected chi connectivity index (χ4v) is 2.11. The van der Waals surface area contributed by atoms with Gasteiger partial charge in [0.25, 0.3) is 0 Å². The molecule has 2 aromatic heterocycles. The molecule has 0 aliphatic rings. The summed E-state index contributed by atoms with van der Waals surface area (Å²) in [4.78, 5) is 8.65. The predicted octanol–water partition coefficient (Wildman–Crippen LogP) is 3.06. The van der Waals surface area contributed by atoms with Crippen molar-refractivity contribution in [3.05, 3.63) is 53.8 Å². The van der Waals surface area contributed by atoms with Crippen LogP contribution >= 0.6 is 11.6 Å². The number of nitrogens with zero attached hydrogens (tertiary/aromatic N) is 4. The molecule has 0 aliphatic heterocycles. The molecule has 0 fully saturated rings. The first-order valence-corrected chi connectivity index (χ1v) is 6.81. The maximum Gasteiger partial charge on any atom is 0.142 e. The molecule has 0 atom stereocenters. The van der Waals surface area contributed by atoms with Gasteiger partial charge in [-0.05, 0) is 24.6 Å². The second kappa shape index (κ2) is 6.44. The normalized spacial score (nSPS) is 13.0. The molecule has 0 saturated heterocycles. The molecule has 0 radical (unpaired) electrons. The highest BCUT2D eigenvalue weighted by Crippen LogP contribution is 2.27. The number of aliphatic hydroxyl groups is 1. The van der Waals surface area contributed by atoms with Crippen molar-refractivity contribution in [2.24, 2.45) is 7.05 Å². The van der Waals surface area contributed by atoms with Gasteiger partial charge in [0, 0.05) is 18.8 Å². The van der Waals surface area contributed by atoms with E-state index in [0.29, 0.717) is 17.2 Å². The van der Waals surface area contributed by atoms with Crippen LogP contribution in [-0.2, 0) is 7.05 Å². The van der Waals surface area contributed by atoms with Gasteiger partial charge in [0.1, 0.15) is 17.3 Å². The Labute approximate surface area is 133 Å². The van der Waals surface area contributed by atoms with Gasteiger partial charge < -0.3 is 10.8 Å². The van der Waals surface area contributed by atoms with E-state index in [9.17, 15) is 5.11 Å². The van der Waals surface area contributed by atoms with Crippen LogP contribution in [0.5, 0.6) is 0 Å². The van der Waals surface area contributed by atoms with Crippen LogP contribution < -0.4 is 5.73 Å². The minimum Gasteiger partial charge on any atom is -0.506 e. The first kappa shape index (κ1) is 15.8. The summed E-state index contributed by atoms with van der Waals surface area (Å²) in [6, 6.07) is 0. The lowest BCUT2D eigenvalue weighted by Gasteiger charge is -2.07. The largest absolute Gasteiger partial charge is 0.506 e. The smallest absolute Gasteiger partial charge is 0.142 e. The van der Waals surface area contributed by atoms with Gasteiger partial charge in [0.2, 0.25) is 0 Å². The quantitative estimate of drug-likeness (QED) is 0.668. The van der Waals surface area contributed by atoms with Gasteiger partial charge in [-0.3, -0.25) is 9.67 Å². The summed E-state index contributed by atoms with van der Waals surface area (Å²) in [5.74, 6) is 0.207. The Morgan fingerprint density at radius 3 is 2.77 bits per heavy atom. The van der Waals surface area contributed by atoms with Gasteiger partial charge in [0.15, 0.2) is 0 Å². The van der Waals surface area contributed by atoms with E-state index in [4.69, 9.17) is 17.3 Å². The maximum atomic E-state index is 9.57. The van der Waals surface area contributed by atoms with E-state index in [0.717, 1.165) is 11.1 Å². The van der Waals surface area contributed by atoms with E-state index >= 15 is 0 Å². The number of nitrogen functional groups attached to an aromatic ring is 1. The molecule has 0 unspecified atom stereocenters. The van der Waals surface area contributed by atoms with Crippen molar-refractivity contribution in [2.45, 2.75) is 6.92 Å². The minimum atomic E-state index is -0.104. The molecule has 7 heteroatoms. The molecule has 2 rings (SSSR count). The first-order valence-electron chi connectivity index (χ1n) is 6.43. The molecule has 0 bridgehead atoms. The third-order valence-electron chi connectivity index (χ3n) is 2.92. The van der Waals surface area contributed by atoms with Crippen molar-refractivity contribution in [2.75, 3.05) is 5.73 Å². The van der Waals surface area contributed by atoms with Gasteiger partial charge in [-0.1, -0.05) is 18.2 Å². The van der Waals surface area contributed by atoms with Crippen molar-refractivity contribution in [1.29, 1.82) is 0 Å². The molecule has 0 aliphatic carbocycles. The zero-order chi connectivity index (χ0) is 16.3. The minimum absolute atomic E-state index is 0.104. The summed E-state index contributed by atoms with van der Waals surface area (Å²) in [5, 5.41) is 13.9. The van der Waals surface area contributed by atoms with Crippen LogP contribution in [0.1, 0.15) is 12.6 Å². The average molecular weight is 318 g/mol. The monoisotopic (exact) mass is 317 g/mol. The zero-order valence-electron chi connectivity index (χ0n) is 12.3. The number of halogens is 1. The lowest BCUT2D eigenvalue weighted by Crippen LogP contribution is -1.99. The van der Waals surface area contributed by atoms with Gasteiger partial charge in [-0.2, -0.15) is 5.10 Å². The fraction of sp³-hybridized carbons (Fsp3) is 0.133. The molecule has 0 amide bonds. The zero-order valence-corrected chi connectivity index (χ0v) is 13.0. The predicted molar refractivity (Wildman–Crippen MR) is 88.0 cm³/mol. The molecule has 6 nitrogen and oxygen atoms in total. The van der Waals surface area contributed by atoms with Crippen molar-refractivity contribution in [3.8, 4) is 11.3 Å². The molecule has 0 spiro atoms. The number of anilines is 1. The Balaban J connectivity index is 2.56. The summed E-state index contributed by atoms with van der Waals surface area (Å²) < 4.78 is 1.67. The van der Waals surface area contributed by atoms with Crippen LogP contribution in [0.15, 0.2) is 48.1 Å². The lowest BCUT2D eigenvalue weighted by molar-refractivity contribution is 0.431. The molecular weight excluding hydrogens is 302 g/mol. The molecule has 3 N–H and O–H groups in total. The van der Waals surface area contributed by atoms with Crippen molar-refractivity contribution in [1.82, 2.24) is 19.7 Å². The Bertz CT molecular complexity index is 776. The average Bonchev–Trinajstić information content (AvgIpc) is 2.92. The third kappa shape index (κ3) is 3.35. The second-order valence-corrected chi connectivity index (χ2v) is 5.07. The Kier molecular flexibility index (Phi) is 4.62. The number of aryl methyl sites for hydroxylation is 1. The van der Waals surface area contributed by atoms with Crippen LogP contribution in [0.25, 0.3) is 16.8 Å². The molecule has 22 heavy (non-hydrogen) atoms. The third-order valence-corrected chi connectivity index (χ3v) is 3.23. The van der Waals surface area contributed by atoms with Gasteiger partial charge in [-0.25, -0.2) is 4.98 Å². The van der Waals surface area contributed by atoms with Gasteiger partial charge in [-0.15, -0.1) is 0 Å². The Hall–Kier alpha value is -2.60. The fourth-order valence-electron chi connectivity index (χ4n) is 1.87. The SMILES string of the molecule is C=C/C(O)=C(Cl)\C=C(/C)c1ncc(N)nc1-c1cnn(C)c1. The lowest BCUT2D eigenvalue weighted by atomic mass is 10.1. The van der Waals surface area contributed by atoms with Crippen LogP contribution in [0, 0.1) is 0 Å². The molecular formula is C15H16ClN5O. The summed E-state index contributed by atoms with van der Waals surface area (Å²) in [7, 11) is 1.81. The van der Waals surface area contributed by atoms with Crippen LogP contribution in [-0.4, -0.2) is 24.9 Å². The van der Waals surface area contributed by atoms with Crippen LogP contribution in [0.3, 0.4) is 0 Å². The van der Waals surface area contributed by atoms with Crippen LogP contribution in [0.2, 0.25) is 0 Å². The van der Waals surface area contributed by atoms with Crippen LogP contribution in [0.4, 0.5) is 5.82 Å². The van der Waals surface area contributed by atoms with Crippen molar-refractivity contribution < 1.29 is 5.11 Å². The highest BCUT2D eigenvalue weighted by molar-refractivity contribution is 6.32.